The fourth-order valence-corrected chi connectivity index (χ4v) is 3.70. The lowest BCUT2D eigenvalue weighted by atomic mass is 10.1. The average Bonchev–Trinajstić information content (AvgIpc) is 2.61. The van der Waals surface area contributed by atoms with Crippen LogP contribution in [0.2, 0.25) is 0 Å². The quantitative estimate of drug-likeness (QED) is 0.754. The molecule has 0 saturated heterocycles. The number of esters is 1. The first-order valence-corrected chi connectivity index (χ1v) is 9.05. The number of sulfonamides is 1. The van der Waals surface area contributed by atoms with Crippen LogP contribution in [0.1, 0.15) is 28.4 Å². The van der Waals surface area contributed by atoms with Crippen molar-refractivity contribution in [1.29, 1.82) is 0 Å². The molecule has 2 aromatic carbocycles. The second-order valence-electron chi connectivity index (χ2n) is 5.42. The van der Waals surface area contributed by atoms with E-state index in [0.717, 1.165) is 12.0 Å². The second kappa shape index (κ2) is 7.59. The maximum absolute atomic E-state index is 12.8. The van der Waals surface area contributed by atoms with Crippen molar-refractivity contribution in [3.63, 3.8) is 0 Å². The first-order valence-electron chi connectivity index (χ1n) is 7.61. The van der Waals surface area contributed by atoms with E-state index in [9.17, 15) is 13.2 Å². The van der Waals surface area contributed by atoms with Gasteiger partial charge in [0.25, 0.3) is 0 Å². The first-order chi connectivity index (χ1) is 11.4. The van der Waals surface area contributed by atoms with Crippen molar-refractivity contribution in [2.45, 2.75) is 24.8 Å². The van der Waals surface area contributed by atoms with Gasteiger partial charge in [-0.15, -0.1) is 0 Å². The molecular weight excluding hydrogens is 326 g/mol. The van der Waals surface area contributed by atoms with Crippen LogP contribution in [0.5, 0.6) is 0 Å². The van der Waals surface area contributed by atoms with Gasteiger partial charge in [0.2, 0.25) is 10.0 Å². The minimum Gasteiger partial charge on any atom is -0.465 e. The zero-order valence-electron chi connectivity index (χ0n) is 14.0. The molecule has 0 aliphatic rings. The number of nitrogens with zero attached hydrogens (tertiary/aromatic N) is 1. The molecule has 0 aliphatic carbocycles. The van der Waals surface area contributed by atoms with Crippen molar-refractivity contribution in [2.24, 2.45) is 0 Å². The Kier molecular flexibility index (Phi) is 5.75. The largest absolute Gasteiger partial charge is 0.465 e. The van der Waals surface area contributed by atoms with E-state index in [1.807, 2.05) is 24.3 Å². The fraction of sp³-hybridized carbons (Fsp3) is 0.278. The van der Waals surface area contributed by atoms with Crippen LogP contribution in [0.25, 0.3) is 0 Å². The van der Waals surface area contributed by atoms with Gasteiger partial charge in [-0.05, 0) is 29.7 Å². The molecule has 24 heavy (non-hydrogen) atoms. The minimum atomic E-state index is -3.81. The fourth-order valence-electron chi connectivity index (χ4n) is 2.36. The molecule has 0 N–H and O–H groups in total. The molecule has 6 heteroatoms. The average molecular weight is 347 g/mol. The number of aryl methyl sites for hydroxylation is 1. The molecule has 0 spiro atoms. The van der Waals surface area contributed by atoms with Crippen molar-refractivity contribution in [2.75, 3.05) is 14.2 Å². The summed E-state index contributed by atoms with van der Waals surface area (Å²) >= 11 is 0. The van der Waals surface area contributed by atoms with Crippen LogP contribution in [-0.2, 0) is 27.7 Å². The molecule has 0 bridgehead atoms. The molecule has 2 rings (SSSR count). The van der Waals surface area contributed by atoms with Gasteiger partial charge in [-0.2, -0.15) is 4.31 Å². The Morgan fingerprint density at radius 1 is 1.04 bits per heavy atom. The molecule has 0 fully saturated rings. The molecule has 0 saturated carbocycles. The molecule has 0 aliphatic heterocycles. The lowest BCUT2D eigenvalue weighted by molar-refractivity contribution is 0.0596. The number of carbonyl (C=O) groups is 1. The number of methoxy groups -OCH3 is 1. The monoisotopic (exact) mass is 347 g/mol. The highest BCUT2D eigenvalue weighted by atomic mass is 32.2. The van der Waals surface area contributed by atoms with Gasteiger partial charge < -0.3 is 4.74 Å². The summed E-state index contributed by atoms with van der Waals surface area (Å²) in [5.74, 6) is -0.671. The van der Waals surface area contributed by atoms with E-state index < -0.39 is 16.0 Å². The molecule has 0 radical (unpaired) electrons. The van der Waals surface area contributed by atoms with Gasteiger partial charge in [-0.1, -0.05) is 43.3 Å². The Morgan fingerprint density at radius 3 is 2.21 bits per heavy atom. The van der Waals surface area contributed by atoms with Crippen molar-refractivity contribution in [3.8, 4) is 0 Å². The third-order valence-corrected chi connectivity index (χ3v) is 5.68. The van der Waals surface area contributed by atoms with Gasteiger partial charge in [-0.3, -0.25) is 0 Å². The number of benzene rings is 2. The smallest absolute Gasteiger partial charge is 0.339 e. The molecule has 5 nitrogen and oxygen atoms in total. The molecule has 0 heterocycles. The third-order valence-electron chi connectivity index (χ3n) is 3.82. The van der Waals surface area contributed by atoms with Gasteiger partial charge in [0.1, 0.15) is 0 Å². The van der Waals surface area contributed by atoms with Gasteiger partial charge >= 0.3 is 5.97 Å². The predicted molar refractivity (Wildman–Crippen MR) is 92.3 cm³/mol. The summed E-state index contributed by atoms with van der Waals surface area (Å²) in [6.45, 7) is 2.29. The zero-order chi connectivity index (χ0) is 17.7. The van der Waals surface area contributed by atoms with E-state index >= 15 is 0 Å². The van der Waals surface area contributed by atoms with Gasteiger partial charge in [-0.25, -0.2) is 13.2 Å². The Labute approximate surface area is 142 Å². The Bertz CT molecular complexity index is 813. The highest BCUT2D eigenvalue weighted by Crippen LogP contribution is 2.21. The predicted octanol–water partition coefficient (Wildman–Crippen LogP) is 2.86. The van der Waals surface area contributed by atoms with E-state index in [-0.39, 0.29) is 17.0 Å². The van der Waals surface area contributed by atoms with Gasteiger partial charge in [0, 0.05) is 13.6 Å². The summed E-state index contributed by atoms with van der Waals surface area (Å²) in [5, 5.41) is 0. The number of rotatable bonds is 6. The van der Waals surface area contributed by atoms with Crippen LogP contribution in [0.3, 0.4) is 0 Å². The van der Waals surface area contributed by atoms with Crippen molar-refractivity contribution in [1.82, 2.24) is 4.31 Å². The number of carbonyl (C=O) groups excluding carboxylic acids is 1. The van der Waals surface area contributed by atoms with Crippen molar-refractivity contribution < 1.29 is 17.9 Å². The Balaban J connectivity index is 2.31. The Morgan fingerprint density at radius 2 is 1.62 bits per heavy atom. The molecule has 0 aromatic heterocycles. The maximum Gasteiger partial charge on any atom is 0.339 e. The van der Waals surface area contributed by atoms with E-state index in [1.54, 1.807) is 12.1 Å². The molecule has 0 unspecified atom stereocenters. The van der Waals surface area contributed by atoms with Crippen LogP contribution < -0.4 is 0 Å². The van der Waals surface area contributed by atoms with Crippen LogP contribution in [0, 0.1) is 0 Å². The summed E-state index contributed by atoms with van der Waals surface area (Å²) in [7, 11) is -1.08. The van der Waals surface area contributed by atoms with E-state index in [1.165, 1.54) is 36.2 Å². The van der Waals surface area contributed by atoms with E-state index in [0.29, 0.717) is 0 Å². The summed E-state index contributed by atoms with van der Waals surface area (Å²) in [6, 6.07) is 13.9. The highest BCUT2D eigenvalue weighted by molar-refractivity contribution is 7.89. The maximum atomic E-state index is 12.8. The van der Waals surface area contributed by atoms with Gasteiger partial charge in [0.05, 0.1) is 17.6 Å². The summed E-state index contributed by atoms with van der Waals surface area (Å²) in [4.78, 5) is 11.8. The molecular formula is C18H21NO4S. The molecule has 2 aromatic rings. The number of hydrogen-bond donors (Lipinski definition) is 0. The second-order valence-corrected chi connectivity index (χ2v) is 7.43. The van der Waals surface area contributed by atoms with Gasteiger partial charge in [0.15, 0.2) is 0 Å². The van der Waals surface area contributed by atoms with Crippen LogP contribution in [-0.4, -0.2) is 32.8 Å². The summed E-state index contributed by atoms with van der Waals surface area (Å²) < 4.78 is 31.5. The van der Waals surface area contributed by atoms with E-state index in [2.05, 4.69) is 11.7 Å². The van der Waals surface area contributed by atoms with Crippen LogP contribution in [0.4, 0.5) is 0 Å². The topological polar surface area (TPSA) is 63.7 Å². The first kappa shape index (κ1) is 18.2. The van der Waals surface area contributed by atoms with Crippen molar-refractivity contribution in [3.05, 3.63) is 65.2 Å². The lowest BCUT2D eigenvalue weighted by Crippen LogP contribution is -2.28. The zero-order valence-corrected chi connectivity index (χ0v) is 14.8. The molecule has 0 atom stereocenters. The minimum absolute atomic E-state index is 0.0354. The summed E-state index contributed by atoms with van der Waals surface area (Å²) in [5.41, 5.74) is 2.11. The van der Waals surface area contributed by atoms with Crippen molar-refractivity contribution >= 4 is 16.0 Å². The molecule has 0 amide bonds. The lowest BCUT2D eigenvalue weighted by Gasteiger charge is -2.19. The molecule has 128 valence electrons. The third kappa shape index (κ3) is 3.83. The van der Waals surface area contributed by atoms with Crippen LogP contribution >= 0.6 is 0 Å². The summed E-state index contributed by atoms with van der Waals surface area (Å²) in [6.07, 6.45) is 0.931. The normalized spacial score (nSPS) is 11.5. The highest BCUT2D eigenvalue weighted by Gasteiger charge is 2.26. The Hall–Kier alpha value is -2.18. The van der Waals surface area contributed by atoms with E-state index in [4.69, 9.17) is 0 Å². The number of hydrogen-bond acceptors (Lipinski definition) is 4. The van der Waals surface area contributed by atoms with Crippen LogP contribution in [0.15, 0.2) is 53.4 Å². The SMILES string of the molecule is CCc1ccc(CN(C)S(=O)(=O)c2ccccc2C(=O)OC)cc1. The standard InChI is InChI=1S/C18H21NO4S/c1-4-14-9-11-15(12-10-14)13-19(2)24(21,22)17-8-6-5-7-16(17)18(20)23-3/h5-12H,4,13H2,1-3H3. The number of ether oxygens (including phenoxy) is 1.